The molecule has 0 aromatic carbocycles. The summed E-state index contributed by atoms with van der Waals surface area (Å²) in [4.78, 5) is 32.8. The Labute approximate surface area is 144 Å². The van der Waals surface area contributed by atoms with Crippen molar-refractivity contribution in [1.82, 2.24) is 14.5 Å². The molecule has 0 aliphatic carbocycles. The molecule has 0 N–H and O–H groups in total. The highest BCUT2D eigenvalue weighted by Crippen LogP contribution is 2.33. The average molecular weight is 373 g/mol. The molecule has 2 aromatic rings. The lowest BCUT2D eigenvalue weighted by molar-refractivity contribution is -0.152. The third-order valence-electron chi connectivity index (χ3n) is 3.91. The molecule has 6 nitrogen and oxygen atoms in total. The van der Waals surface area contributed by atoms with Crippen LogP contribution in [-0.2, 0) is 6.54 Å². The quantitative estimate of drug-likeness (QED) is 0.611. The summed E-state index contributed by atoms with van der Waals surface area (Å²) in [6.07, 6.45) is -2.19. The van der Waals surface area contributed by atoms with E-state index >= 15 is 0 Å². The van der Waals surface area contributed by atoms with Gasteiger partial charge in [-0.3, -0.25) is 19.1 Å². The molecule has 0 amide bonds. The molecule has 0 unspecified atom stereocenters. The van der Waals surface area contributed by atoms with Gasteiger partial charge in [-0.25, -0.2) is 4.98 Å². The van der Waals surface area contributed by atoms with Crippen LogP contribution in [0.3, 0.4) is 0 Å². The standard InChI is InChI=1S/C15H12ClF3N4O2/c16-12-7-13(25)22-6-3-11(15(17,18)19)23(14(22)21-12)8-10(24)9-1-4-20-5-2-9/h1-2,4-5,7,11H,3,6,8H2/t11-/m0/s1. The molecule has 10 heteroatoms. The Balaban J connectivity index is 2.03. The lowest BCUT2D eigenvalue weighted by atomic mass is 10.1. The van der Waals surface area contributed by atoms with Crippen LogP contribution in [0, 0.1) is 0 Å². The monoisotopic (exact) mass is 372 g/mol. The zero-order valence-electron chi connectivity index (χ0n) is 12.7. The predicted octanol–water partition coefficient (Wildman–Crippen LogP) is 2.32. The Morgan fingerprint density at radius 3 is 2.64 bits per heavy atom. The van der Waals surface area contributed by atoms with E-state index in [1.807, 2.05) is 0 Å². The molecular formula is C15H12ClF3N4O2. The van der Waals surface area contributed by atoms with Gasteiger partial charge in [0, 0.05) is 30.6 Å². The van der Waals surface area contributed by atoms with Crippen LogP contribution in [0.5, 0.6) is 0 Å². The van der Waals surface area contributed by atoms with E-state index in [9.17, 15) is 22.8 Å². The molecule has 1 aliphatic heterocycles. The highest BCUT2D eigenvalue weighted by atomic mass is 35.5. The largest absolute Gasteiger partial charge is 0.408 e. The number of hydrogen-bond acceptors (Lipinski definition) is 5. The Hall–Kier alpha value is -2.42. The number of carbonyl (C=O) groups excluding carboxylic acids is 1. The van der Waals surface area contributed by atoms with Crippen molar-refractivity contribution in [3.05, 3.63) is 51.7 Å². The normalized spacial score (nSPS) is 17.3. The summed E-state index contributed by atoms with van der Waals surface area (Å²) in [6.45, 7) is -0.733. The summed E-state index contributed by atoms with van der Waals surface area (Å²) in [6, 6.07) is 1.92. The van der Waals surface area contributed by atoms with Crippen LogP contribution < -0.4 is 10.5 Å². The molecular weight excluding hydrogens is 361 g/mol. The van der Waals surface area contributed by atoms with Crippen LogP contribution in [0.4, 0.5) is 19.1 Å². The number of rotatable bonds is 3. The van der Waals surface area contributed by atoms with Crippen molar-refractivity contribution in [2.45, 2.75) is 25.2 Å². The number of Topliss-reactive ketones (excluding diaryl/α,β-unsaturated/α-hetero) is 1. The smallest absolute Gasteiger partial charge is 0.322 e. The van der Waals surface area contributed by atoms with Crippen molar-refractivity contribution in [3.63, 3.8) is 0 Å². The van der Waals surface area contributed by atoms with Gasteiger partial charge in [0.1, 0.15) is 11.2 Å². The fraction of sp³-hybridized carbons (Fsp3) is 0.333. The molecule has 0 bridgehead atoms. The molecule has 0 saturated heterocycles. The van der Waals surface area contributed by atoms with E-state index in [1.54, 1.807) is 0 Å². The van der Waals surface area contributed by atoms with Crippen LogP contribution in [0.2, 0.25) is 5.15 Å². The molecule has 132 valence electrons. The number of aromatic nitrogens is 3. The summed E-state index contributed by atoms with van der Waals surface area (Å²) >= 11 is 5.74. The van der Waals surface area contributed by atoms with Crippen LogP contribution in [0.25, 0.3) is 0 Å². The van der Waals surface area contributed by atoms with Gasteiger partial charge < -0.3 is 4.90 Å². The summed E-state index contributed by atoms with van der Waals surface area (Å²) in [5.41, 5.74) is -0.339. The number of anilines is 1. The van der Waals surface area contributed by atoms with E-state index in [2.05, 4.69) is 9.97 Å². The van der Waals surface area contributed by atoms with Crippen LogP contribution in [0.1, 0.15) is 16.8 Å². The minimum absolute atomic E-state index is 0.150. The van der Waals surface area contributed by atoms with Gasteiger partial charge in [-0.05, 0) is 18.6 Å². The Morgan fingerprint density at radius 1 is 1.32 bits per heavy atom. The molecule has 0 spiro atoms. The Kier molecular flexibility index (Phi) is 4.51. The van der Waals surface area contributed by atoms with Crippen molar-refractivity contribution in [3.8, 4) is 0 Å². The minimum Gasteiger partial charge on any atom is -0.322 e. The molecule has 3 heterocycles. The predicted molar refractivity (Wildman–Crippen MR) is 83.9 cm³/mol. The van der Waals surface area contributed by atoms with Gasteiger partial charge >= 0.3 is 6.18 Å². The first-order valence-corrected chi connectivity index (χ1v) is 7.69. The molecule has 0 radical (unpaired) electrons. The first kappa shape index (κ1) is 17.4. The van der Waals surface area contributed by atoms with Gasteiger partial charge in [0.2, 0.25) is 5.95 Å². The number of carbonyl (C=O) groups is 1. The van der Waals surface area contributed by atoms with E-state index < -0.39 is 30.1 Å². The van der Waals surface area contributed by atoms with E-state index in [0.717, 1.165) is 15.5 Å². The number of hydrogen-bond donors (Lipinski definition) is 0. The second kappa shape index (κ2) is 6.47. The van der Waals surface area contributed by atoms with Crippen molar-refractivity contribution < 1.29 is 18.0 Å². The van der Waals surface area contributed by atoms with Crippen LogP contribution in [0.15, 0.2) is 35.4 Å². The maximum atomic E-state index is 13.4. The van der Waals surface area contributed by atoms with E-state index in [-0.39, 0.29) is 29.6 Å². The molecule has 1 aliphatic rings. The summed E-state index contributed by atoms with van der Waals surface area (Å²) in [7, 11) is 0. The maximum absolute atomic E-state index is 13.4. The first-order chi connectivity index (χ1) is 11.8. The van der Waals surface area contributed by atoms with Crippen molar-refractivity contribution in [1.29, 1.82) is 0 Å². The van der Waals surface area contributed by atoms with Crippen molar-refractivity contribution in [2.24, 2.45) is 0 Å². The summed E-state index contributed by atoms with van der Waals surface area (Å²) in [5, 5.41) is -0.222. The van der Waals surface area contributed by atoms with Crippen LogP contribution >= 0.6 is 11.6 Å². The Bertz CT molecular complexity index is 854. The number of nitrogens with zero attached hydrogens (tertiary/aromatic N) is 4. The molecule has 0 saturated carbocycles. The van der Waals surface area contributed by atoms with Gasteiger partial charge in [-0.1, -0.05) is 11.6 Å². The molecule has 1 atom stereocenters. The minimum atomic E-state index is -4.58. The molecule has 3 rings (SSSR count). The second-order valence-electron chi connectivity index (χ2n) is 5.50. The van der Waals surface area contributed by atoms with Gasteiger partial charge in [0.25, 0.3) is 5.56 Å². The van der Waals surface area contributed by atoms with Gasteiger partial charge in [-0.2, -0.15) is 13.2 Å². The number of ketones is 1. The summed E-state index contributed by atoms with van der Waals surface area (Å²) in [5.74, 6) is -0.798. The zero-order valence-corrected chi connectivity index (χ0v) is 13.5. The lowest BCUT2D eigenvalue weighted by Crippen LogP contribution is -2.54. The highest BCUT2D eigenvalue weighted by Gasteiger charge is 2.47. The fourth-order valence-corrected chi connectivity index (χ4v) is 2.92. The lowest BCUT2D eigenvalue weighted by Gasteiger charge is -2.38. The van der Waals surface area contributed by atoms with Crippen LogP contribution in [-0.4, -0.2) is 39.1 Å². The zero-order chi connectivity index (χ0) is 18.2. The SMILES string of the molecule is O=C(CN1c2nc(Cl)cc(=O)n2CC[C@H]1C(F)(F)F)c1ccncc1. The van der Waals surface area contributed by atoms with Crippen molar-refractivity contribution >= 4 is 23.3 Å². The highest BCUT2D eigenvalue weighted by molar-refractivity contribution is 6.29. The number of halogens is 4. The third-order valence-corrected chi connectivity index (χ3v) is 4.10. The second-order valence-corrected chi connectivity index (χ2v) is 5.89. The number of pyridine rings is 1. The molecule has 25 heavy (non-hydrogen) atoms. The maximum Gasteiger partial charge on any atom is 0.408 e. The van der Waals surface area contributed by atoms with Gasteiger partial charge in [-0.15, -0.1) is 0 Å². The van der Waals surface area contributed by atoms with Gasteiger partial charge in [0.05, 0.1) is 6.54 Å². The van der Waals surface area contributed by atoms with E-state index in [1.165, 1.54) is 24.5 Å². The first-order valence-electron chi connectivity index (χ1n) is 7.31. The number of fused-ring (bicyclic) bond motifs is 1. The van der Waals surface area contributed by atoms with E-state index in [0.29, 0.717) is 0 Å². The fourth-order valence-electron chi connectivity index (χ4n) is 2.75. The third kappa shape index (κ3) is 3.51. The number of alkyl halides is 3. The van der Waals surface area contributed by atoms with E-state index in [4.69, 9.17) is 11.6 Å². The average Bonchev–Trinajstić information content (AvgIpc) is 2.55. The molecule has 0 fully saturated rings. The summed E-state index contributed by atoms with van der Waals surface area (Å²) < 4.78 is 41.4. The Morgan fingerprint density at radius 2 is 2.00 bits per heavy atom. The van der Waals surface area contributed by atoms with Crippen molar-refractivity contribution in [2.75, 3.05) is 11.4 Å². The topological polar surface area (TPSA) is 68.1 Å². The molecule has 2 aromatic heterocycles. The van der Waals surface area contributed by atoms with Gasteiger partial charge in [0.15, 0.2) is 5.78 Å².